The van der Waals surface area contributed by atoms with Gasteiger partial charge in [0.1, 0.15) is 0 Å². The van der Waals surface area contributed by atoms with Gasteiger partial charge < -0.3 is 10.6 Å². The Morgan fingerprint density at radius 3 is 3.22 bits per heavy atom. The molecule has 0 saturated carbocycles. The number of alkyl halides is 1. The second-order valence-electron chi connectivity index (χ2n) is 1.77. The summed E-state index contributed by atoms with van der Waals surface area (Å²) in [5.74, 6) is 1.51. The standard InChI is InChI=1S/C5H10ClN3/c6-1-2-7-5-8-3-4-9-5/h1-4H2,(H2,7,8,9). The van der Waals surface area contributed by atoms with E-state index in [4.69, 9.17) is 11.6 Å². The molecule has 2 N–H and O–H groups in total. The lowest BCUT2D eigenvalue weighted by atomic mass is 10.7. The van der Waals surface area contributed by atoms with Crippen LogP contribution in [0.2, 0.25) is 0 Å². The van der Waals surface area contributed by atoms with Gasteiger partial charge in [-0.3, -0.25) is 4.99 Å². The summed E-state index contributed by atoms with van der Waals surface area (Å²) in [6, 6.07) is 0. The van der Waals surface area contributed by atoms with Gasteiger partial charge in [-0.2, -0.15) is 0 Å². The number of rotatable bonds is 2. The summed E-state index contributed by atoms with van der Waals surface area (Å²) in [5.41, 5.74) is 0. The summed E-state index contributed by atoms with van der Waals surface area (Å²) >= 11 is 5.43. The maximum atomic E-state index is 5.43. The number of halogens is 1. The van der Waals surface area contributed by atoms with Crippen molar-refractivity contribution in [3.63, 3.8) is 0 Å². The average Bonchev–Trinajstić information content (AvgIpc) is 2.34. The van der Waals surface area contributed by atoms with Gasteiger partial charge in [-0.15, -0.1) is 11.6 Å². The zero-order valence-electron chi connectivity index (χ0n) is 5.15. The van der Waals surface area contributed by atoms with Crippen molar-refractivity contribution in [1.29, 1.82) is 0 Å². The third-order valence-corrected chi connectivity index (χ3v) is 1.25. The summed E-state index contributed by atoms with van der Waals surface area (Å²) in [7, 11) is 0. The van der Waals surface area contributed by atoms with E-state index in [-0.39, 0.29) is 0 Å². The van der Waals surface area contributed by atoms with Gasteiger partial charge >= 0.3 is 0 Å². The number of nitrogens with zero attached hydrogens (tertiary/aromatic N) is 1. The van der Waals surface area contributed by atoms with Crippen LogP contribution in [0.4, 0.5) is 0 Å². The number of hydrogen-bond acceptors (Lipinski definition) is 3. The van der Waals surface area contributed by atoms with Gasteiger partial charge in [-0.05, 0) is 0 Å². The van der Waals surface area contributed by atoms with Crippen molar-refractivity contribution < 1.29 is 0 Å². The molecule has 0 bridgehead atoms. The second kappa shape index (κ2) is 3.56. The van der Waals surface area contributed by atoms with E-state index in [0.29, 0.717) is 5.88 Å². The summed E-state index contributed by atoms with van der Waals surface area (Å²) in [5, 5.41) is 6.11. The predicted molar refractivity (Wildman–Crippen MR) is 39.0 cm³/mol. The van der Waals surface area contributed by atoms with E-state index in [1.807, 2.05) is 0 Å². The maximum absolute atomic E-state index is 5.43. The van der Waals surface area contributed by atoms with Crippen LogP contribution in [-0.4, -0.2) is 31.5 Å². The van der Waals surface area contributed by atoms with Crippen molar-refractivity contribution in [1.82, 2.24) is 10.6 Å². The molecule has 0 saturated heterocycles. The summed E-state index contributed by atoms with van der Waals surface area (Å²) in [6.07, 6.45) is 0. The highest BCUT2D eigenvalue weighted by Gasteiger charge is 2.00. The molecule has 1 aliphatic rings. The molecule has 1 aliphatic heterocycles. The Morgan fingerprint density at radius 2 is 2.67 bits per heavy atom. The van der Waals surface area contributed by atoms with Crippen LogP contribution in [0.5, 0.6) is 0 Å². The fourth-order valence-electron chi connectivity index (χ4n) is 0.682. The van der Waals surface area contributed by atoms with Gasteiger partial charge in [0.15, 0.2) is 5.96 Å². The topological polar surface area (TPSA) is 36.4 Å². The first-order chi connectivity index (χ1) is 4.43. The maximum Gasteiger partial charge on any atom is 0.191 e. The minimum atomic E-state index is 0.626. The highest BCUT2D eigenvalue weighted by atomic mass is 35.5. The second-order valence-corrected chi connectivity index (χ2v) is 2.15. The minimum Gasteiger partial charge on any atom is -0.355 e. The fraction of sp³-hybridized carbons (Fsp3) is 0.800. The van der Waals surface area contributed by atoms with E-state index >= 15 is 0 Å². The van der Waals surface area contributed by atoms with E-state index in [0.717, 1.165) is 25.6 Å². The lowest BCUT2D eigenvalue weighted by molar-refractivity contribution is 0.901. The van der Waals surface area contributed by atoms with Crippen molar-refractivity contribution in [2.24, 2.45) is 4.99 Å². The van der Waals surface area contributed by atoms with Crippen molar-refractivity contribution in [2.45, 2.75) is 0 Å². The molecule has 0 atom stereocenters. The van der Waals surface area contributed by atoms with Crippen molar-refractivity contribution in [3.05, 3.63) is 0 Å². The number of guanidine groups is 1. The Labute approximate surface area is 59.5 Å². The fourth-order valence-corrected chi connectivity index (χ4v) is 0.776. The zero-order chi connectivity index (χ0) is 6.53. The van der Waals surface area contributed by atoms with Crippen molar-refractivity contribution in [2.75, 3.05) is 25.5 Å². The molecule has 0 spiro atoms. The zero-order valence-corrected chi connectivity index (χ0v) is 5.91. The Morgan fingerprint density at radius 1 is 1.78 bits per heavy atom. The first kappa shape index (κ1) is 6.68. The van der Waals surface area contributed by atoms with Crippen LogP contribution in [0, 0.1) is 0 Å². The molecule has 52 valence electrons. The van der Waals surface area contributed by atoms with Gasteiger partial charge in [0, 0.05) is 19.0 Å². The molecule has 0 aromatic heterocycles. The Hall–Kier alpha value is -0.440. The molecule has 3 nitrogen and oxygen atoms in total. The number of aliphatic imine (C=N–C) groups is 1. The monoisotopic (exact) mass is 147 g/mol. The van der Waals surface area contributed by atoms with E-state index in [9.17, 15) is 0 Å². The van der Waals surface area contributed by atoms with Crippen LogP contribution in [0.25, 0.3) is 0 Å². The average molecular weight is 148 g/mol. The van der Waals surface area contributed by atoms with E-state index in [1.165, 1.54) is 0 Å². The first-order valence-electron chi connectivity index (χ1n) is 3.01. The largest absolute Gasteiger partial charge is 0.355 e. The van der Waals surface area contributed by atoms with E-state index in [1.54, 1.807) is 0 Å². The van der Waals surface area contributed by atoms with Gasteiger partial charge in [-0.1, -0.05) is 0 Å². The molecule has 0 aromatic carbocycles. The molecule has 0 amide bonds. The Kier molecular flexibility index (Phi) is 2.64. The molecule has 0 aliphatic carbocycles. The van der Waals surface area contributed by atoms with Gasteiger partial charge in [0.25, 0.3) is 0 Å². The van der Waals surface area contributed by atoms with Crippen LogP contribution in [0.1, 0.15) is 0 Å². The highest BCUT2D eigenvalue weighted by molar-refractivity contribution is 6.18. The Bertz CT molecular complexity index is 113. The predicted octanol–water partition coefficient (Wildman–Crippen LogP) is -0.226. The van der Waals surface area contributed by atoms with Crippen molar-refractivity contribution in [3.8, 4) is 0 Å². The SMILES string of the molecule is ClCCNC1=NCCN1. The quantitative estimate of drug-likeness (QED) is 0.530. The van der Waals surface area contributed by atoms with Crippen LogP contribution < -0.4 is 10.6 Å². The van der Waals surface area contributed by atoms with Crippen LogP contribution in [-0.2, 0) is 0 Å². The van der Waals surface area contributed by atoms with E-state index in [2.05, 4.69) is 15.6 Å². The molecular weight excluding hydrogens is 138 g/mol. The summed E-state index contributed by atoms with van der Waals surface area (Å²) in [4.78, 5) is 4.11. The lowest BCUT2D eigenvalue weighted by Gasteiger charge is -2.01. The molecule has 0 unspecified atom stereocenters. The number of hydrogen-bond donors (Lipinski definition) is 2. The van der Waals surface area contributed by atoms with Gasteiger partial charge in [0.05, 0.1) is 6.54 Å². The molecule has 0 radical (unpaired) electrons. The molecule has 1 heterocycles. The molecule has 0 aromatic rings. The van der Waals surface area contributed by atoms with E-state index < -0.39 is 0 Å². The van der Waals surface area contributed by atoms with Crippen LogP contribution in [0.3, 0.4) is 0 Å². The molecule has 0 fully saturated rings. The van der Waals surface area contributed by atoms with Crippen LogP contribution in [0.15, 0.2) is 4.99 Å². The first-order valence-corrected chi connectivity index (χ1v) is 3.55. The minimum absolute atomic E-state index is 0.626. The molecular formula is C5H10ClN3. The molecule has 9 heavy (non-hydrogen) atoms. The smallest absolute Gasteiger partial charge is 0.191 e. The highest BCUT2D eigenvalue weighted by Crippen LogP contribution is 1.80. The summed E-state index contributed by atoms with van der Waals surface area (Å²) in [6.45, 7) is 2.61. The Balaban J connectivity index is 2.11. The van der Waals surface area contributed by atoms with Gasteiger partial charge in [-0.25, -0.2) is 0 Å². The normalized spacial score (nSPS) is 16.8. The molecule has 1 rings (SSSR count). The van der Waals surface area contributed by atoms with Gasteiger partial charge in [0.2, 0.25) is 0 Å². The van der Waals surface area contributed by atoms with Crippen molar-refractivity contribution >= 4 is 17.6 Å². The summed E-state index contributed by atoms with van der Waals surface area (Å²) < 4.78 is 0. The third-order valence-electron chi connectivity index (χ3n) is 1.06. The molecule has 4 heteroatoms. The van der Waals surface area contributed by atoms with Crippen LogP contribution >= 0.6 is 11.6 Å². The number of nitrogens with one attached hydrogen (secondary N) is 2. The lowest BCUT2D eigenvalue weighted by Crippen LogP contribution is -2.34. The third kappa shape index (κ3) is 2.10.